The first kappa shape index (κ1) is 14.1. The number of nitrogens with zero attached hydrogens (tertiary/aromatic N) is 1. The summed E-state index contributed by atoms with van der Waals surface area (Å²) in [4.78, 5) is 4.09. The van der Waals surface area contributed by atoms with Gasteiger partial charge in [0.05, 0.1) is 4.21 Å². The van der Waals surface area contributed by atoms with Gasteiger partial charge in [-0.25, -0.2) is 0 Å². The quantitative estimate of drug-likeness (QED) is 0.790. The molecule has 2 nitrogen and oxygen atoms in total. The molecule has 2 heterocycles. The number of hydrogen-bond donors (Lipinski definition) is 1. The van der Waals surface area contributed by atoms with Crippen LogP contribution in [0, 0.1) is 0 Å². The van der Waals surface area contributed by atoms with E-state index in [1.165, 1.54) is 9.77 Å². The van der Waals surface area contributed by atoms with Crippen molar-refractivity contribution in [2.75, 3.05) is 13.6 Å². The van der Waals surface area contributed by atoms with Gasteiger partial charge in [0.15, 0.2) is 0 Å². The molecule has 0 aliphatic rings. The lowest BCUT2D eigenvalue weighted by Crippen LogP contribution is -2.10. The Morgan fingerprint density at radius 1 is 1.44 bits per heavy atom. The zero-order chi connectivity index (χ0) is 12.8. The van der Waals surface area contributed by atoms with E-state index in [2.05, 4.69) is 49.8 Å². The maximum atomic E-state index is 4.09. The average molecular weight is 343 g/mol. The van der Waals surface area contributed by atoms with Crippen molar-refractivity contribution in [1.82, 2.24) is 10.3 Å². The molecule has 0 saturated heterocycles. The first-order valence-corrected chi connectivity index (χ1v) is 8.30. The van der Waals surface area contributed by atoms with E-state index in [0.717, 1.165) is 17.4 Å². The summed E-state index contributed by atoms with van der Waals surface area (Å²) in [5.41, 5.74) is 1.34. The monoisotopic (exact) mass is 342 g/mol. The van der Waals surface area contributed by atoms with Gasteiger partial charge in [-0.2, -0.15) is 0 Å². The second-order valence-corrected chi connectivity index (χ2v) is 7.19. The Balaban J connectivity index is 2.10. The fourth-order valence-corrected chi connectivity index (χ4v) is 4.67. The van der Waals surface area contributed by atoms with Gasteiger partial charge in [0.1, 0.15) is 0 Å². The number of rotatable bonds is 6. The molecule has 2 aromatic heterocycles. The molecule has 0 bridgehead atoms. The predicted octanol–water partition coefficient (Wildman–Crippen LogP) is 4.35. The molecule has 0 radical (unpaired) electrons. The molecule has 0 aromatic carbocycles. The van der Waals surface area contributed by atoms with Gasteiger partial charge in [-0.1, -0.05) is 0 Å². The first-order chi connectivity index (χ1) is 8.79. The Labute approximate surface area is 124 Å². The molecule has 2 aromatic rings. The minimum atomic E-state index is 0.478. The van der Waals surface area contributed by atoms with E-state index in [1.807, 2.05) is 31.2 Å². The topological polar surface area (TPSA) is 24.9 Å². The Hall–Kier alpha value is -0.360. The molecule has 2 rings (SSSR count). The number of halogens is 1. The van der Waals surface area contributed by atoms with Crippen molar-refractivity contribution in [2.24, 2.45) is 0 Å². The molecule has 0 fully saturated rings. The fraction of sp³-hybridized carbons (Fsp3) is 0.308. The van der Waals surface area contributed by atoms with Crippen LogP contribution in [-0.4, -0.2) is 18.6 Å². The summed E-state index contributed by atoms with van der Waals surface area (Å²) in [5, 5.41) is 5.83. The van der Waals surface area contributed by atoms with Crippen molar-refractivity contribution in [1.29, 1.82) is 0 Å². The zero-order valence-corrected chi connectivity index (χ0v) is 13.3. The van der Waals surface area contributed by atoms with Crippen LogP contribution in [0.4, 0.5) is 0 Å². The normalized spacial score (nSPS) is 12.6. The molecular weight excluding hydrogens is 328 g/mol. The summed E-state index contributed by atoms with van der Waals surface area (Å²) in [6, 6.07) is 6.40. The molecule has 96 valence electrons. The average Bonchev–Trinajstić information content (AvgIpc) is 2.81. The van der Waals surface area contributed by atoms with E-state index in [9.17, 15) is 0 Å². The third-order valence-electron chi connectivity index (χ3n) is 2.54. The van der Waals surface area contributed by atoms with Gasteiger partial charge in [-0.15, -0.1) is 23.1 Å². The third-order valence-corrected chi connectivity index (χ3v) is 5.74. The van der Waals surface area contributed by atoms with Crippen LogP contribution in [0.25, 0.3) is 0 Å². The molecule has 5 heteroatoms. The van der Waals surface area contributed by atoms with Crippen molar-refractivity contribution < 1.29 is 0 Å². The number of aromatic nitrogens is 1. The van der Waals surface area contributed by atoms with Crippen molar-refractivity contribution in [3.05, 3.63) is 46.0 Å². The van der Waals surface area contributed by atoms with E-state index in [-0.39, 0.29) is 0 Å². The highest BCUT2D eigenvalue weighted by Gasteiger charge is 2.13. The number of thioether (sulfide) groups is 1. The molecule has 0 saturated carbocycles. The van der Waals surface area contributed by atoms with Crippen molar-refractivity contribution >= 4 is 39.0 Å². The number of hydrogen-bond acceptors (Lipinski definition) is 4. The predicted molar refractivity (Wildman–Crippen MR) is 83.4 cm³/mol. The minimum absolute atomic E-state index is 0.478. The Morgan fingerprint density at radius 2 is 2.22 bits per heavy atom. The van der Waals surface area contributed by atoms with Crippen molar-refractivity contribution in [3.63, 3.8) is 0 Å². The van der Waals surface area contributed by atoms with Gasteiger partial charge >= 0.3 is 0 Å². The van der Waals surface area contributed by atoms with Gasteiger partial charge in [0.2, 0.25) is 0 Å². The van der Waals surface area contributed by atoms with E-state index < -0.39 is 0 Å². The molecule has 18 heavy (non-hydrogen) atoms. The first-order valence-electron chi connectivity index (χ1n) is 5.75. The lowest BCUT2D eigenvalue weighted by Gasteiger charge is -2.15. The van der Waals surface area contributed by atoms with Crippen molar-refractivity contribution in [3.8, 4) is 0 Å². The summed E-state index contributed by atoms with van der Waals surface area (Å²) < 4.78 is 2.51. The molecule has 0 aliphatic heterocycles. The number of thiophene rings is 1. The molecule has 1 N–H and O–H groups in total. The van der Waals surface area contributed by atoms with Crippen LogP contribution >= 0.6 is 39.0 Å². The smallest absolute Gasteiger partial charge is 0.0616 e. The Kier molecular flexibility index (Phi) is 5.69. The summed E-state index contributed by atoms with van der Waals surface area (Å²) in [7, 11) is 2.00. The SMILES string of the molecule is CNCCC(Sc1cc(Br)cs1)c1ccncc1. The minimum Gasteiger partial charge on any atom is -0.320 e. The Morgan fingerprint density at radius 3 is 2.83 bits per heavy atom. The van der Waals surface area contributed by atoms with Crippen LogP contribution in [0.2, 0.25) is 0 Å². The van der Waals surface area contributed by atoms with E-state index in [0.29, 0.717) is 5.25 Å². The van der Waals surface area contributed by atoms with Gasteiger partial charge in [0, 0.05) is 27.5 Å². The number of nitrogens with one attached hydrogen (secondary N) is 1. The highest BCUT2D eigenvalue weighted by Crippen LogP contribution is 2.41. The van der Waals surface area contributed by atoms with Gasteiger partial charge in [-0.3, -0.25) is 4.98 Å². The molecule has 0 amide bonds. The van der Waals surface area contributed by atoms with Crippen LogP contribution in [0.3, 0.4) is 0 Å². The van der Waals surface area contributed by atoms with Gasteiger partial charge in [0.25, 0.3) is 0 Å². The molecule has 0 aliphatic carbocycles. The molecule has 0 spiro atoms. The summed E-state index contributed by atoms with van der Waals surface area (Å²) in [6.45, 7) is 1.02. The van der Waals surface area contributed by atoms with Crippen molar-refractivity contribution in [2.45, 2.75) is 15.9 Å². The van der Waals surface area contributed by atoms with Crippen LogP contribution in [0.5, 0.6) is 0 Å². The van der Waals surface area contributed by atoms with Gasteiger partial charge < -0.3 is 5.32 Å². The maximum Gasteiger partial charge on any atom is 0.0616 e. The lowest BCUT2D eigenvalue weighted by atomic mass is 10.1. The second-order valence-electron chi connectivity index (χ2n) is 3.86. The highest BCUT2D eigenvalue weighted by atomic mass is 79.9. The van der Waals surface area contributed by atoms with Crippen LogP contribution in [0.15, 0.2) is 44.7 Å². The molecular formula is C13H15BrN2S2. The van der Waals surface area contributed by atoms with Crippen LogP contribution in [-0.2, 0) is 0 Å². The summed E-state index contributed by atoms with van der Waals surface area (Å²) in [5.74, 6) is 0. The summed E-state index contributed by atoms with van der Waals surface area (Å²) >= 11 is 7.22. The van der Waals surface area contributed by atoms with E-state index in [4.69, 9.17) is 0 Å². The van der Waals surface area contributed by atoms with Crippen LogP contribution in [0.1, 0.15) is 17.2 Å². The van der Waals surface area contributed by atoms with Gasteiger partial charge in [-0.05, 0) is 59.7 Å². The lowest BCUT2D eigenvalue weighted by molar-refractivity contribution is 0.714. The zero-order valence-electron chi connectivity index (χ0n) is 10.1. The largest absolute Gasteiger partial charge is 0.320 e. The number of pyridine rings is 1. The standard InChI is InChI=1S/C13H15BrN2S2/c1-15-5-4-12(10-2-6-16-7-3-10)18-13-8-11(14)9-17-13/h2-3,6-9,12,15H,4-5H2,1H3. The Bertz CT molecular complexity index is 473. The molecule has 1 atom stereocenters. The maximum absolute atomic E-state index is 4.09. The fourth-order valence-electron chi connectivity index (χ4n) is 1.64. The highest BCUT2D eigenvalue weighted by molar-refractivity contribution is 9.10. The second kappa shape index (κ2) is 7.28. The van der Waals surface area contributed by atoms with Crippen LogP contribution < -0.4 is 5.32 Å². The summed E-state index contributed by atoms with van der Waals surface area (Å²) in [6.07, 6.45) is 4.85. The van der Waals surface area contributed by atoms with E-state index in [1.54, 1.807) is 11.3 Å². The molecule has 1 unspecified atom stereocenters. The van der Waals surface area contributed by atoms with E-state index >= 15 is 0 Å². The third kappa shape index (κ3) is 4.09.